The van der Waals surface area contributed by atoms with Crippen molar-refractivity contribution in [2.24, 2.45) is 7.05 Å². The van der Waals surface area contributed by atoms with Gasteiger partial charge < -0.3 is 10.6 Å². The van der Waals surface area contributed by atoms with E-state index in [4.69, 9.17) is 5.73 Å². The Morgan fingerprint density at radius 3 is 2.50 bits per heavy atom. The molecular formula is C15H20N4O. The molecule has 0 aliphatic rings. The van der Waals surface area contributed by atoms with Gasteiger partial charge in [0, 0.05) is 25.0 Å². The van der Waals surface area contributed by atoms with Crippen LogP contribution in [0.4, 0.5) is 11.4 Å². The first kappa shape index (κ1) is 14.1. The molecule has 1 aromatic heterocycles. The maximum Gasteiger partial charge on any atom is 0.276 e. The fourth-order valence-corrected chi connectivity index (χ4v) is 2.17. The minimum atomic E-state index is -0.0419. The van der Waals surface area contributed by atoms with Gasteiger partial charge in [-0.25, -0.2) is 0 Å². The Bertz CT molecular complexity index is 601. The van der Waals surface area contributed by atoms with Crippen molar-refractivity contribution in [2.75, 3.05) is 17.2 Å². The standard InChI is InChI=1S/C15H20N4O/c1-4-9-19(13-7-5-12(16)6-8-13)15(20)14-10-11(2)17-18(14)3/h5-8,10H,4,9,16H2,1-3H3. The largest absolute Gasteiger partial charge is 0.399 e. The summed E-state index contributed by atoms with van der Waals surface area (Å²) in [5, 5.41) is 4.23. The number of nitrogens with zero attached hydrogens (tertiary/aromatic N) is 3. The second-order valence-corrected chi connectivity index (χ2v) is 4.84. The summed E-state index contributed by atoms with van der Waals surface area (Å²) >= 11 is 0. The Balaban J connectivity index is 2.35. The first-order chi connectivity index (χ1) is 9.52. The minimum Gasteiger partial charge on any atom is -0.399 e. The number of nitrogens with two attached hydrogens (primary N) is 1. The van der Waals surface area contributed by atoms with Crippen molar-refractivity contribution in [3.8, 4) is 0 Å². The summed E-state index contributed by atoms with van der Waals surface area (Å²) in [4.78, 5) is 14.4. The molecule has 20 heavy (non-hydrogen) atoms. The van der Waals surface area contributed by atoms with Gasteiger partial charge in [0.05, 0.1) is 5.69 Å². The van der Waals surface area contributed by atoms with Crippen LogP contribution in [0.5, 0.6) is 0 Å². The van der Waals surface area contributed by atoms with Gasteiger partial charge in [0.1, 0.15) is 5.69 Å². The molecule has 2 aromatic rings. The number of rotatable bonds is 4. The fourth-order valence-electron chi connectivity index (χ4n) is 2.17. The fraction of sp³-hybridized carbons (Fsp3) is 0.333. The first-order valence-electron chi connectivity index (χ1n) is 6.71. The molecule has 0 fully saturated rings. The number of hydrogen-bond donors (Lipinski definition) is 1. The van der Waals surface area contributed by atoms with Gasteiger partial charge in [-0.2, -0.15) is 5.10 Å². The third-order valence-corrected chi connectivity index (χ3v) is 3.12. The molecule has 0 unspecified atom stereocenters. The Morgan fingerprint density at radius 2 is 2.00 bits per heavy atom. The number of carbonyl (C=O) groups is 1. The Morgan fingerprint density at radius 1 is 1.35 bits per heavy atom. The van der Waals surface area contributed by atoms with Crippen molar-refractivity contribution in [1.82, 2.24) is 9.78 Å². The average Bonchev–Trinajstić information content (AvgIpc) is 2.75. The highest BCUT2D eigenvalue weighted by molar-refractivity contribution is 6.05. The highest BCUT2D eigenvalue weighted by Gasteiger charge is 2.20. The monoisotopic (exact) mass is 272 g/mol. The molecule has 1 aromatic carbocycles. The molecule has 5 nitrogen and oxygen atoms in total. The van der Waals surface area contributed by atoms with Crippen molar-refractivity contribution in [1.29, 1.82) is 0 Å². The minimum absolute atomic E-state index is 0.0419. The van der Waals surface area contributed by atoms with E-state index in [2.05, 4.69) is 5.10 Å². The van der Waals surface area contributed by atoms with Gasteiger partial charge in [-0.05, 0) is 43.7 Å². The lowest BCUT2D eigenvalue weighted by atomic mass is 10.2. The quantitative estimate of drug-likeness (QED) is 0.869. The maximum absolute atomic E-state index is 12.7. The number of amides is 1. The van der Waals surface area contributed by atoms with Gasteiger partial charge in [-0.15, -0.1) is 0 Å². The Labute approximate surface area is 119 Å². The topological polar surface area (TPSA) is 64.2 Å². The molecule has 0 radical (unpaired) electrons. The van der Waals surface area contributed by atoms with Crippen molar-refractivity contribution < 1.29 is 4.79 Å². The van der Waals surface area contributed by atoms with Gasteiger partial charge in [0.15, 0.2) is 0 Å². The third kappa shape index (κ3) is 2.82. The number of hydrogen-bond acceptors (Lipinski definition) is 3. The summed E-state index contributed by atoms with van der Waals surface area (Å²) in [7, 11) is 1.79. The molecular weight excluding hydrogens is 252 g/mol. The number of carbonyl (C=O) groups excluding carboxylic acids is 1. The molecule has 2 N–H and O–H groups in total. The molecule has 0 aliphatic carbocycles. The lowest BCUT2D eigenvalue weighted by Crippen LogP contribution is -2.33. The van der Waals surface area contributed by atoms with Gasteiger partial charge in [-0.1, -0.05) is 6.92 Å². The van der Waals surface area contributed by atoms with E-state index in [0.717, 1.165) is 17.8 Å². The molecule has 0 saturated carbocycles. The van der Waals surface area contributed by atoms with Crippen LogP contribution in [-0.4, -0.2) is 22.2 Å². The maximum atomic E-state index is 12.7. The molecule has 5 heteroatoms. The van der Waals surface area contributed by atoms with Gasteiger partial charge in [-0.3, -0.25) is 9.48 Å². The van der Waals surface area contributed by atoms with E-state index in [1.165, 1.54) is 0 Å². The molecule has 106 valence electrons. The highest BCUT2D eigenvalue weighted by Crippen LogP contribution is 2.19. The van der Waals surface area contributed by atoms with Crippen LogP contribution >= 0.6 is 0 Å². The zero-order valence-electron chi connectivity index (χ0n) is 12.1. The Hall–Kier alpha value is -2.30. The zero-order valence-corrected chi connectivity index (χ0v) is 12.1. The zero-order chi connectivity index (χ0) is 14.7. The van der Waals surface area contributed by atoms with Crippen molar-refractivity contribution in [3.05, 3.63) is 41.7 Å². The predicted molar refractivity (Wildman–Crippen MR) is 80.8 cm³/mol. The smallest absolute Gasteiger partial charge is 0.276 e. The molecule has 1 heterocycles. The van der Waals surface area contributed by atoms with E-state index >= 15 is 0 Å². The van der Waals surface area contributed by atoms with Crippen LogP contribution < -0.4 is 10.6 Å². The average molecular weight is 272 g/mol. The van der Waals surface area contributed by atoms with E-state index in [0.29, 0.717) is 17.9 Å². The third-order valence-electron chi connectivity index (χ3n) is 3.12. The number of anilines is 2. The van der Waals surface area contributed by atoms with Crippen LogP contribution in [0.3, 0.4) is 0 Å². The summed E-state index contributed by atoms with van der Waals surface area (Å²) in [6, 6.07) is 9.15. The van der Waals surface area contributed by atoms with Crippen LogP contribution in [0.1, 0.15) is 29.5 Å². The van der Waals surface area contributed by atoms with Crippen molar-refractivity contribution in [2.45, 2.75) is 20.3 Å². The van der Waals surface area contributed by atoms with Crippen LogP contribution in [0.15, 0.2) is 30.3 Å². The second kappa shape index (κ2) is 5.77. The predicted octanol–water partition coefficient (Wildman–Crippen LogP) is 2.37. The first-order valence-corrected chi connectivity index (χ1v) is 6.71. The van der Waals surface area contributed by atoms with Gasteiger partial charge in [0.25, 0.3) is 5.91 Å². The summed E-state index contributed by atoms with van der Waals surface area (Å²) in [6.07, 6.45) is 0.882. The molecule has 0 saturated heterocycles. The highest BCUT2D eigenvalue weighted by atomic mass is 16.2. The molecule has 0 aliphatic heterocycles. The number of nitrogen functional groups attached to an aromatic ring is 1. The lowest BCUT2D eigenvalue weighted by Gasteiger charge is -2.22. The summed E-state index contributed by atoms with van der Waals surface area (Å²) in [5.74, 6) is -0.0419. The van der Waals surface area contributed by atoms with Crippen LogP contribution in [0, 0.1) is 6.92 Å². The van der Waals surface area contributed by atoms with Crippen molar-refractivity contribution >= 4 is 17.3 Å². The Kier molecular flexibility index (Phi) is 4.08. The van der Waals surface area contributed by atoms with E-state index in [1.807, 2.05) is 32.0 Å². The van der Waals surface area contributed by atoms with Crippen LogP contribution in [0.2, 0.25) is 0 Å². The molecule has 0 bridgehead atoms. The number of aryl methyl sites for hydroxylation is 2. The molecule has 0 atom stereocenters. The second-order valence-electron chi connectivity index (χ2n) is 4.84. The van der Waals surface area contributed by atoms with Crippen molar-refractivity contribution in [3.63, 3.8) is 0 Å². The molecule has 2 rings (SSSR count). The number of aromatic nitrogens is 2. The lowest BCUT2D eigenvalue weighted by molar-refractivity contribution is 0.0978. The van der Waals surface area contributed by atoms with Crippen LogP contribution in [-0.2, 0) is 7.05 Å². The molecule has 1 amide bonds. The van der Waals surface area contributed by atoms with Gasteiger partial charge >= 0.3 is 0 Å². The normalized spacial score (nSPS) is 10.6. The molecule has 0 spiro atoms. The number of benzene rings is 1. The van der Waals surface area contributed by atoms with Crippen LogP contribution in [0.25, 0.3) is 0 Å². The SMILES string of the molecule is CCCN(C(=O)c1cc(C)nn1C)c1ccc(N)cc1. The summed E-state index contributed by atoms with van der Waals surface area (Å²) < 4.78 is 1.62. The van der Waals surface area contributed by atoms with E-state index < -0.39 is 0 Å². The van der Waals surface area contributed by atoms with E-state index in [-0.39, 0.29) is 5.91 Å². The van der Waals surface area contributed by atoms with Gasteiger partial charge in [0.2, 0.25) is 0 Å². The summed E-state index contributed by atoms with van der Waals surface area (Å²) in [6.45, 7) is 4.59. The van der Waals surface area contributed by atoms with E-state index in [9.17, 15) is 4.79 Å². The van der Waals surface area contributed by atoms with E-state index in [1.54, 1.807) is 28.8 Å². The summed E-state index contributed by atoms with van der Waals surface area (Å²) in [5.41, 5.74) is 8.67.